The zero-order valence-electron chi connectivity index (χ0n) is 24.9. The molecule has 0 N–H and O–H groups in total. The predicted molar refractivity (Wildman–Crippen MR) is 165 cm³/mol. The number of unbranched alkanes of at least 4 members (excludes halogenated alkanes) is 12. The number of alkyl halides is 1. The maximum absolute atomic E-state index is 11.8. The van der Waals surface area contributed by atoms with E-state index in [4.69, 9.17) is 33.2 Å². The molecule has 0 unspecified atom stereocenters. The van der Waals surface area contributed by atoms with Gasteiger partial charge in [-0.25, -0.2) is 0 Å². The molecule has 0 saturated carbocycles. The quantitative estimate of drug-likeness (QED) is 0.0330. The standard InChI is InChI=1S/C30H59IO8/c1-2-3-4-5-6-7-8-9-10-11-12-13-14-15-30(32)39-29-28-38-27-26-37-25-24-36-23-22-35-21-20-34-19-18-33-17-16-31/h2-29H2,1H3. The monoisotopic (exact) mass is 674 g/mol. The number of halogens is 1. The van der Waals surface area contributed by atoms with Gasteiger partial charge in [-0.2, -0.15) is 0 Å². The molecule has 8 nitrogen and oxygen atoms in total. The lowest BCUT2D eigenvalue weighted by atomic mass is 10.0. The van der Waals surface area contributed by atoms with Crippen LogP contribution in [0.25, 0.3) is 0 Å². The Morgan fingerprint density at radius 3 is 1.10 bits per heavy atom. The van der Waals surface area contributed by atoms with Crippen molar-refractivity contribution in [1.82, 2.24) is 0 Å². The molecule has 0 aliphatic heterocycles. The second-order valence-electron chi connectivity index (χ2n) is 9.58. The highest BCUT2D eigenvalue weighted by Crippen LogP contribution is 2.13. The van der Waals surface area contributed by atoms with E-state index < -0.39 is 0 Å². The summed E-state index contributed by atoms with van der Waals surface area (Å²) in [5.74, 6) is -0.122. The second kappa shape index (κ2) is 36.0. The maximum atomic E-state index is 11.8. The molecular formula is C30H59IO8. The summed E-state index contributed by atoms with van der Waals surface area (Å²) in [6.07, 6.45) is 17.4. The third-order valence-electron chi connectivity index (χ3n) is 6.06. The van der Waals surface area contributed by atoms with Crippen molar-refractivity contribution in [2.75, 3.05) is 90.3 Å². The first kappa shape index (κ1) is 39.0. The van der Waals surface area contributed by atoms with Crippen LogP contribution < -0.4 is 0 Å². The van der Waals surface area contributed by atoms with Crippen molar-refractivity contribution >= 4 is 28.6 Å². The van der Waals surface area contributed by atoms with Crippen molar-refractivity contribution in [3.05, 3.63) is 0 Å². The Morgan fingerprint density at radius 1 is 0.436 bits per heavy atom. The second-order valence-corrected chi connectivity index (χ2v) is 10.7. The van der Waals surface area contributed by atoms with Gasteiger partial charge < -0.3 is 33.2 Å². The van der Waals surface area contributed by atoms with Gasteiger partial charge in [0.25, 0.3) is 0 Å². The topological polar surface area (TPSA) is 81.7 Å². The Kier molecular flexibility index (Phi) is 35.9. The highest BCUT2D eigenvalue weighted by molar-refractivity contribution is 14.1. The van der Waals surface area contributed by atoms with Gasteiger partial charge in [0, 0.05) is 10.8 Å². The molecule has 0 aromatic heterocycles. The van der Waals surface area contributed by atoms with Crippen LogP contribution in [0.5, 0.6) is 0 Å². The summed E-state index contributed by atoms with van der Waals surface area (Å²) >= 11 is 2.28. The minimum absolute atomic E-state index is 0.122. The normalized spacial score (nSPS) is 11.3. The van der Waals surface area contributed by atoms with E-state index in [1.807, 2.05) is 0 Å². The van der Waals surface area contributed by atoms with Crippen LogP contribution in [0.2, 0.25) is 0 Å². The zero-order chi connectivity index (χ0) is 28.3. The molecule has 0 aliphatic carbocycles. The summed E-state index contributed by atoms with van der Waals surface area (Å²) < 4.78 is 38.7. The molecule has 0 spiro atoms. The minimum atomic E-state index is -0.122. The van der Waals surface area contributed by atoms with Crippen LogP contribution in [0.4, 0.5) is 0 Å². The van der Waals surface area contributed by atoms with Crippen molar-refractivity contribution in [3.8, 4) is 0 Å². The van der Waals surface area contributed by atoms with Gasteiger partial charge >= 0.3 is 5.97 Å². The zero-order valence-corrected chi connectivity index (χ0v) is 27.1. The van der Waals surface area contributed by atoms with Crippen molar-refractivity contribution < 1.29 is 38.0 Å². The van der Waals surface area contributed by atoms with Crippen LogP contribution in [-0.2, 0) is 38.0 Å². The molecule has 234 valence electrons. The van der Waals surface area contributed by atoms with Crippen molar-refractivity contribution in [2.24, 2.45) is 0 Å². The molecule has 0 rings (SSSR count). The van der Waals surface area contributed by atoms with Gasteiger partial charge in [-0.05, 0) is 6.42 Å². The van der Waals surface area contributed by atoms with E-state index in [2.05, 4.69) is 29.5 Å². The molecule has 0 amide bonds. The average molecular weight is 675 g/mol. The fraction of sp³-hybridized carbons (Fsp3) is 0.967. The van der Waals surface area contributed by atoms with E-state index in [0.29, 0.717) is 85.7 Å². The van der Waals surface area contributed by atoms with Crippen LogP contribution >= 0.6 is 22.6 Å². The number of hydrogen-bond donors (Lipinski definition) is 0. The van der Waals surface area contributed by atoms with Gasteiger partial charge in [0.1, 0.15) is 6.61 Å². The van der Waals surface area contributed by atoms with Crippen molar-refractivity contribution in [2.45, 2.75) is 96.8 Å². The fourth-order valence-corrected chi connectivity index (χ4v) is 4.14. The van der Waals surface area contributed by atoms with E-state index in [1.54, 1.807) is 0 Å². The first-order valence-electron chi connectivity index (χ1n) is 15.5. The first-order valence-corrected chi connectivity index (χ1v) is 17.0. The molecule has 0 aliphatic rings. The van der Waals surface area contributed by atoms with Gasteiger partial charge in [0.05, 0.1) is 79.3 Å². The third-order valence-corrected chi connectivity index (χ3v) is 6.50. The molecule has 9 heteroatoms. The highest BCUT2D eigenvalue weighted by Gasteiger charge is 2.03. The third kappa shape index (κ3) is 35.9. The summed E-state index contributed by atoms with van der Waals surface area (Å²) in [7, 11) is 0. The van der Waals surface area contributed by atoms with Gasteiger partial charge in [0.15, 0.2) is 0 Å². The lowest BCUT2D eigenvalue weighted by Crippen LogP contribution is -2.15. The van der Waals surface area contributed by atoms with Gasteiger partial charge in [-0.3, -0.25) is 4.79 Å². The number of rotatable bonds is 34. The summed E-state index contributed by atoms with van der Waals surface area (Å²) in [5, 5.41) is 0. The number of carbonyl (C=O) groups excluding carboxylic acids is 1. The minimum Gasteiger partial charge on any atom is -0.463 e. The summed E-state index contributed by atoms with van der Waals surface area (Å²) in [5.41, 5.74) is 0. The highest BCUT2D eigenvalue weighted by atomic mass is 127. The maximum Gasteiger partial charge on any atom is 0.305 e. The van der Waals surface area contributed by atoms with Gasteiger partial charge in [-0.15, -0.1) is 0 Å². The van der Waals surface area contributed by atoms with E-state index in [1.165, 1.54) is 70.6 Å². The van der Waals surface area contributed by atoms with Gasteiger partial charge in [0.2, 0.25) is 0 Å². The first-order chi connectivity index (χ1) is 19.3. The molecule has 0 heterocycles. The van der Waals surface area contributed by atoms with E-state index >= 15 is 0 Å². The van der Waals surface area contributed by atoms with Crippen LogP contribution in [0.15, 0.2) is 0 Å². The number of ether oxygens (including phenoxy) is 7. The summed E-state index contributed by atoms with van der Waals surface area (Å²) in [4.78, 5) is 11.8. The molecule has 0 saturated heterocycles. The average Bonchev–Trinajstić information content (AvgIpc) is 2.94. The Bertz CT molecular complexity index is 470. The van der Waals surface area contributed by atoms with E-state index in [0.717, 1.165) is 23.9 Å². The predicted octanol–water partition coefficient (Wildman–Crippen LogP) is 6.55. The van der Waals surface area contributed by atoms with Gasteiger partial charge in [-0.1, -0.05) is 107 Å². The Balaban J connectivity index is 3.13. The van der Waals surface area contributed by atoms with Crippen molar-refractivity contribution in [1.29, 1.82) is 0 Å². The van der Waals surface area contributed by atoms with E-state index in [-0.39, 0.29) is 5.97 Å². The summed E-state index contributed by atoms with van der Waals surface area (Å²) in [6.45, 7) is 9.15. The lowest BCUT2D eigenvalue weighted by molar-refractivity contribution is -0.145. The smallest absolute Gasteiger partial charge is 0.305 e. The van der Waals surface area contributed by atoms with Crippen LogP contribution in [0.1, 0.15) is 96.8 Å². The number of carbonyl (C=O) groups is 1. The molecule has 0 aromatic rings. The molecule has 0 radical (unpaired) electrons. The Hall–Kier alpha value is -0.0400. The summed E-state index contributed by atoms with van der Waals surface area (Å²) in [6, 6.07) is 0. The Morgan fingerprint density at radius 2 is 0.744 bits per heavy atom. The van der Waals surface area contributed by atoms with Crippen molar-refractivity contribution in [3.63, 3.8) is 0 Å². The molecule has 0 fully saturated rings. The molecule has 0 atom stereocenters. The molecule has 39 heavy (non-hydrogen) atoms. The SMILES string of the molecule is CCCCCCCCCCCCCCCC(=O)OCCOCCOCCOCCOCCOCCOCCI. The lowest BCUT2D eigenvalue weighted by Gasteiger charge is -2.08. The van der Waals surface area contributed by atoms with Crippen LogP contribution in [0, 0.1) is 0 Å². The number of hydrogen-bond acceptors (Lipinski definition) is 8. The van der Waals surface area contributed by atoms with Crippen LogP contribution in [-0.4, -0.2) is 96.3 Å². The molecular weight excluding hydrogens is 615 g/mol. The molecule has 0 bridgehead atoms. The number of esters is 1. The Labute approximate surface area is 253 Å². The van der Waals surface area contributed by atoms with Crippen LogP contribution in [0.3, 0.4) is 0 Å². The largest absolute Gasteiger partial charge is 0.463 e. The fourth-order valence-electron chi connectivity index (χ4n) is 3.83. The van der Waals surface area contributed by atoms with E-state index in [9.17, 15) is 4.79 Å². The molecule has 0 aromatic carbocycles.